The number of aryl methyl sites for hydroxylation is 1. The van der Waals surface area contributed by atoms with E-state index in [0.29, 0.717) is 5.69 Å². The smallest absolute Gasteiger partial charge is 0.270 e. The molecule has 0 spiro atoms. The lowest BCUT2D eigenvalue weighted by Crippen LogP contribution is -2.54. The Morgan fingerprint density at radius 1 is 1.06 bits per heavy atom. The van der Waals surface area contributed by atoms with E-state index in [2.05, 4.69) is 44.1 Å². The van der Waals surface area contributed by atoms with E-state index in [1.165, 1.54) is 10.5 Å². The number of hydrogen-bond donors (Lipinski definition) is 1. The second kappa shape index (κ2) is 7.46. The molecule has 1 saturated heterocycles. The number of likely N-dealkylation sites (N-methyl/N-ethyl adjacent to an activating group) is 1. The maximum atomic E-state index is 13.2. The standard InChI is InChI=1S/C25H25N3O2S/c1-15-7-6-8-18(11-15)28-23(30)20(22(29)26-24(28)31)13-17-9-10-21-19(12-17)16(2)14-25(3,4)27(21)5/h6-14H,1-5H3,(H,26,29,31)/b20-13-. The summed E-state index contributed by atoms with van der Waals surface area (Å²) in [6.07, 6.45) is 3.86. The van der Waals surface area contributed by atoms with E-state index >= 15 is 0 Å². The van der Waals surface area contributed by atoms with Gasteiger partial charge in [-0.3, -0.25) is 19.8 Å². The normalized spacial score (nSPS) is 19.3. The molecule has 6 heteroatoms. The highest BCUT2D eigenvalue weighted by Crippen LogP contribution is 2.38. The number of allylic oxidation sites excluding steroid dienone is 1. The molecule has 158 valence electrons. The van der Waals surface area contributed by atoms with E-state index in [1.807, 2.05) is 43.3 Å². The number of hydrogen-bond acceptors (Lipinski definition) is 4. The van der Waals surface area contributed by atoms with Crippen LogP contribution < -0.4 is 15.1 Å². The van der Waals surface area contributed by atoms with E-state index in [0.717, 1.165) is 22.4 Å². The van der Waals surface area contributed by atoms with Gasteiger partial charge in [0.1, 0.15) is 5.57 Å². The Kier molecular flexibility index (Phi) is 5.06. The van der Waals surface area contributed by atoms with Crippen LogP contribution in [0.2, 0.25) is 0 Å². The fraction of sp³-hybridized carbons (Fsp3) is 0.240. The van der Waals surface area contributed by atoms with Gasteiger partial charge in [-0.05, 0) is 87.0 Å². The largest absolute Gasteiger partial charge is 0.366 e. The Morgan fingerprint density at radius 2 is 1.81 bits per heavy atom. The average Bonchev–Trinajstić information content (AvgIpc) is 2.69. The van der Waals surface area contributed by atoms with E-state index in [4.69, 9.17) is 12.2 Å². The summed E-state index contributed by atoms with van der Waals surface area (Å²) in [6.45, 7) is 8.37. The van der Waals surface area contributed by atoms with Crippen molar-refractivity contribution in [3.8, 4) is 0 Å². The summed E-state index contributed by atoms with van der Waals surface area (Å²) in [4.78, 5) is 29.5. The van der Waals surface area contributed by atoms with E-state index in [9.17, 15) is 9.59 Å². The summed E-state index contributed by atoms with van der Waals surface area (Å²) < 4.78 is 0. The molecule has 2 aromatic rings. The molecule has 0 aliphatic carbocycles. The Bertz CT molecular complexity index is 1190. The Balaban J connectivity index is 1.75. The number of benzene rings is 2. The number of nitrogens with one attached hydrogen (secondary N) is 1. The lowest BCUT2D eigenvalue weighted by atomic mass is 9.88. The first kappa shape index (κ1) is 21.0. The molecular formula is C25H25N3O2S. The molecule has 0 radical (unpaired) electrons. The molecule has 0 aromatic heterocycles. The van der Waals surface area contributed by atoms with Gasteiger partial charge >= 0.3 is 0 Å². The quantitative estimate of drug-likeness (QED) is 0.433. The summed E-state index contributed by atoms with van der Waals surface area (Å²) in [5.74, 6) is -0.912. The molecular weight excluding hydrogens is 406 g/mol. The van der Waals surface area contributed by atoms with E-state index in [-0.39, 0.29) is 16.2 Å². The van der Waals surface area contributed by atoms with Gasteiger partial charge in [0.2, 0.25) is 0 Å². The van der Waals surface area contributed by atoms with Gasteiger partial charge in [-0.2, -0.15) is 0 Å². The van der Waals surface area contributed by atoms with Crippen LogP contribution in [0.5, 0.6) is 0 Å². The van der Waals surface area contributed by atoms with Gasteiger partial charge in [-0.25, -0.2) is 0 Å². The minimum Gasteiger partial charge on any atom is -0.366 e. The van der Waals surface area contributed by atoms with Crippen molar-refractivity contribution in [2.75, 3.05) is 16.8 Å². The minimum absolute atomic E-state index is 0.0567. The fourth-order valence-electron chi connectivity index (χ4n) is 4.09. The molecule has 2 amide bonds. The van der Waals surface area contributed by atoms with Crippen LogP contribution in [0, 0.1) is 6.92 Å². The summed E-state index contributed by atoms with van der Waals surface area (Å²) in [6, 6.07) is 13.5. The third-order valence-corrected chi connectivity index (χ3v) is 6.20. The second-order valence-corrected chi connectivity index (χ2v) is 9.00. The van der Waals surface area contributed by atoms with Gasteiger partial charge < -0.3 is 4.90 Å². The molecule has 2 aromatic carbocycles. The first-order valence-electron chi connectivity index (χ1n) is 10.1. The predicted octanol–water partition coefficient (Wildman–Crippen LogP) is 4.46. The third-order valence-electron chi connectivity index (χ3n) is 5.91. The number of thiocarbonyl (C=S) groups is 1. The molecule has 1 N–H and O–H groups in total. The number of carbonyl (C=O) groups excluding carboxylic acids is 2. The maximum absolute atomic E-state index is 13.2. The van der Waals surface area contributed by atoms with E-state index in [1.54, 1.807) is 12.1 Å². The molecule has 0 unspecified atom stereocenters. The molecule has 1 fully saturated rings. The molecule has 0 saturated carbocycles. The Hall–Kier alpha value is -3.25. The number of fused-ring (bicyclic) bond motifs is 1. The average molecular weight is 432 g/mol. The number of rotatable bonds is 2. The van der Waals surface area contributed by atoms with Crippen molar-refractivity contribution in [1.29, 1.82) is 0 Å². The van der Waals surface area contributed by atoms with Crippen molar-refractivity contribution in [1.82, 2.24) is 5.32 Å². The van der Waals surface area contributed by atoms with Gasteiger partial charge in [0.15, 0.2) is 5.11 Å². The van der Waals surface area contributed by atoms with Crippen molar-refractivity contribution >= 4 is 52.2 Å². The maximum Gasteiger partial charge on any atom is 0.270 e. The molecule has 2 heterocycles. The zero-order valence-electron chi connectivity index (χ0n) is 18.3. The third kappa shape index (κ3) is 3.68. The second-order valence-electron chi connectivity index (χ2n) is 8.61. The zero-order chi connectivity index (χ0) is 22.5. The van der Waals surface area contributed by atoms with Crippen LogP contribution in [-0.4, -0.2) is 29.5 Å². The molecule has 0 atom stereocenters. The van der Waals surface area contributed by atoms with Gasteiger partial charge in [0.05, 0.1) is 11.2 Å². The van der Waals surface area contributed by atoms with Crippen molar-refractivity contribution in [2.24, 2.45) is 0 Å². The number of anilines is 2. The molecule has 2 aliphatic heterocycles. The summed E-state index contributed by atoms with van der Waals surface area (Å²) in [5.41, 5.74) is 5.77. The first-order valence-corrected chi connectivity index (χ1v) is 10.5. The molecule has 4 rings (SSSR count). The van der Waals surface area contributed by atoms with Gasteiger partial charge in [0, 0.05) is 18.3 Å². The van der Waals surface area contributed by atoms with Gasteiger partial charge in [0.25, 0.3) is 11.8 Å². The summed E-state index contributed by atoms with van der Waals surface area (Å²) in [7, 11) is 2.07. The monoisotopic (exact) mass is 431 g/mol. The van der Waals surface area contributed by atoms with Crippen LogP contribution in [0.25, 0.3) is 11.6 Å². The number of carbonyl (C=O) groups is 2. The number of nitrogens with zero attached hydrogens (tertiary/aromatic N) is 2. The Labute approximate surface area is 188 Å². The minimum atomic E-state index is -0.484. The topological polar surface area (TPSA) is 52.7 Å². The van der Waals surface area contributed by atoms with Crippen LogP contribution in [0.3, 0.4) is 0 Å². The highest BCUT2D eigenvalue weighted by atomic mass is 32.1. The number of amides is 2. The van der Waals surface area contributed by atoms with Crippen LogP contribution in [0.4, 0.5) is 11.4 Å². The lowest BCUT2D eigenvalue weighted by Gasteiger charge is -2.40. The van der Waals surface area contributed by atoms with E-state index < -0.39 is 11.8 Å². The van der Waals surface area contributed by atoms with Crippen LogP contribution in [0.1, 0.15) is 37.5 Å². The molecule has 0 bridgehead atoms. The van der Waals surface area contributed by atoms with Crippen molar-refractivity contribution in [3.63, 3.8) is 0 Å². The fourth-order valence-corrected chi connectivity index (χ4v) is 4.37. The Morgan fingerprint density at radius 3 is 2.52 bits per heavy atom. The summed E-state index contributed by atoms with van der Waals surface area (Å²) in [5, 5.41) is 2.74. The SMILES string of the molecule is CC1=CC(C)(C)N(C)c2ccc(/C=C3/C(=O)NC(=S)N(c4cccc(C)c4)C3=O)cc21. The van der Waals surface area contributed by atoms with Crippen LogP contribution in [0.15, 0.2) is 54.1 Å². The van der Waals surface area contributed by atoms with Gasteiger partial charge in [-0.15, -0.1) is 0 Å². The molecule has 2 aliphatic rings. The van der Waals surface area contributed by atoms with Crippen molar-refractivity contribution in [2.45, 2.75) is 33.2 Å². The van der Waals surface area contributed by atoms with Crippen LogP contribution >= 0.6 is 12.2 Å². The summed E-state index contributed by atoms with van der Waals surface area (Å²) >= 11 is 5.29. The lowest BCUT2D eigenvalue weighted by molar-refractivity contribution is -0.122. The molecule has 31 heavy (non-hydrogen) atoms. The van der Waals surface area contributed by atoms with Crippen molar-refractivity contribution < 1.29 is 9.59 Å². The predicted molar refractivity (Wildman–Crippen MR) is 130 cm³/mol. The first-order chi connectivity index (χ1) is 14.6. The zero-order valence-corrected chi connectivity index (χ0v) is 19.1. The highest BCUT2D eigenvalue weighted by Gasteiger charge is 2.35. The van der Waals surface area contributed by atoms with Crippen molar-refractivity contribution in [3.05, 3.63) is 70.8 Å². The highest BCUT2D eigenvalue weighted by molar-refractivity contribution is 7.80. The molecule has 5 nitrogen and oxygen atoms in total. The van der Waals surface area contributed by atoms with Gasteiger partial charge in [-0.1, -0.05) is 24.3 Å². The van der Waals surface area contributed by atoms with Crippen LogP contribution in [-0.2, 0) is 9.59 Å².